The number of amides is 1. The number of nitrogens with zero attached hydrogens (tertiary/aromatic N) is 1. The summed E-state index contributed by atoms with van der Waals surface area (Å²) in [6, 6.07) is 5.72. The van der Waals surface area contributed by atoms with Crippen molar-refractivity contribution in [3.8, 4) is 17.2 Å². The van der Waals surface area contributed by atoms with Crippen molar-refractivity contribution < 1.29 is 19.0 Å². The first-order valence-electron chi connectivity index (χ1n) is 10.3. The van der Waals surface area contributed by atoms with Crippen LogP contribution in [0.1, 0.15) is 62.1 Å². The molecule has 1 aromatic carbocycles. The molecule has 1 aromatic heterocycles. The highest BCUT2D eigenvalue weighted by molar-refractivity contribution is 5.89. The number of aromatic nitrogens is 2. The number of aryl methyl sites for hydroxylation is 1. The lowest BCUT2D eigenvalue weighted by molar-refractivity contribution is -0.116. The number of nitrogens with one attached hydrogen (secondary N) is 2. The lowest BCUT2D eigenvalue weighted by atomic mass is 9.97. The van der Waals surface area contributed by atoms with Crippen molar-refractivity contribution in [2.45, 2.75) is 57.3 Å². The molecule has 1 fully saturated rings. The van der Waals surface area contributed by atoms with Crippen LogP contribution in [-0.2, 0) is 11.2 Å². The summed E-state index contributed by atoms with van der Waals surface area (Å²) in [7, 11) is 4.73. The van der Waals surface area contributed by atoms with E-state index in [0.29, 0.717) is 41.8 Å². The van der Waals surface area contributed by atoms with Crippen molar-refractivity contribution in [3.05, 3.63) is 29.5 Å². The highest BCUT2D eigenvalue weighted by atomic mass is 16.5. The van der Waals surface area contributed by atoms with Gasteiger partial charge < -0.3 is 19.5 Å². The Hall–Kier alpha value is -2.70. The van der Waals surface area contributed by atoms with Crippen LogP contribution in [0.4, 0.5) is 5.82 Å². The first-order valence-corrected chi connectivity index (χ1v) is 10.3. The Morgan fingerprint density at radius 2 is 1.69 bits per heavy atom. The van der Waals surface area contributed by atoms with E-state index in [4.69, 9.17) is 14.2 Å². The van der Waals surface area contributed by atoms with Crippen LogP contribution >= 0.6 is 0 Å². The highest BCUT2D eigenvalue weighted by Gasteiger charge is 2.18. The Balaban J connectivity index is 1.57. The second-order valence-electron chi connectivity index (χ2n) is 7.48. The molecule has 0 spiro atoms. The van der Waals surface area contributed by atoms with Gasteiger partial charge in [0.25, 0.3) is 0 Å². The molecule has 3 rings (SSSR count). The van der Waals surface area contributed by atoms with Crippen LogP contribution in [-0.4, -0.2) is 37.4 Å². The zero-order valence-corrected chi connectivity index (χ0v) is 17.5. The Kier molecular flexibility index (Phi) is 7.38. The van der Waals surface area contributed by atoms with E-state index in [9.17, 15) is 4.79 Å². The molecule has 1 heterocycles. The fourth-order valence-electron chi connectivity index (χ4n) is 3.94. The Bertz CT molecular complexity index is 785. The summed E-state index contributed by atoms with van der Waals surface area (Å²) in [5.41, 5.74) is 2.07. The van der Waals surface area contributed by atoms with Gasteiger partial charge in [-0.2, -0.15) is 5.10 Å². The number of aromatic amines is 1. The summed E-state index contributed by atoms with van der Waals surface area (Å²) in [4.78, 5) is 12.4. The number of carbonyl (C=O) groups is 1. The number of benzene rings is 1. The third kappa shape index (κ3) is 5.43. The smallest absolute Gasteiger partial charge is 0.225 e. The molecule has 7 nitrogen and oxygen atoms in total. The van der Waals surface area contributed by atoms with Crippen molar-refractivity contribution in [2.75, 3.05) is 26.6 Å². The maximum absolute atomic E-state index is 12.4. The number of rotatable bonds is 8. The molecule has 2 N–H and O–H groups in total. The average molecular weight is 402 g/mol. The lowest BCUT2D eigenvalue weighted by Gasteiger charge is -2.14. The number of hydrogen-bond acceptors (Lipinski definition) is 5. The normalized spacial score (nSPS) is 14.9. The number of methoxy groups -OCH3 is 3. The van der Waals surface area contributed by atoms with Crippen LogP contribution < -0.4 is 19.5 Å². The lowest BCUT2D eigenvalue weighted by Crippen LogP contribution is -2.12. The molecule has 0 bridgehead atoms. The molecule has 158 valence electrons. The second-order valence-corrected chi connectivity index (χ2v) is 7.48. The van der Waals surface area contributed by atoms with E-state index in [1.165, 1.54) is 38.5 Å². The van der Waals surface area contributed by atoms with E-state index in [-0.39, 0.29) is 5.91 Å². The summed E-state index contributed by atoms with van der Waals surface area (Å²) in [5.74, 6) is 2.77. The molecule has 0 saturated heterocycles. The van der Waals surface area contributed by atoms with Crippen molar-refractivity contribution in [1.29, 1.82) is 0 Å². The molecular formula is C22H31N3O4. The highest BCUT2D eigenvalue weighted by Crippen LogP contribution is 2.38. The van der Waals surface area contributed by atoms with Gasteiger partial charge in [-0.3, -0.25) is 9.89 Å². The molecule has 1 aliphatic rings. The van der Waals surface area contributed by atoms with Gasteiger partial charge in [0.1, 0.15) is 0 Å². The molecule has 1 aliphatic carbocycles. The number of anilines is 1. The van der Waals surface area contributed by atoms with E-state index >= 15 is 0 Å². The number of ether oxygens (including phenoxy) is 3. The second kappa shape index (κ2) is 10.2. The van der Waals surface area contributed by atoms with Gasteiger partial charge in [0.15, 0.2) is 17.3 Å². The zero-order chi connectivity index (χ0) is 20.6. The van der Waals surface area contributed by atoms with Gasteiger partial charge in [-0.15, -0.1) is 0 Å². The third-order valence-electron chi connectivity index (χ3n) is 5.53. The van der Waals surface area contributed by atoms with Crippen molar-refractivity contribution in [2.24, 2.45) is 0 Å². The molecule has 29 heavy (non-hydrogen) atoms. The maximum atomic E-state index is 12.4. The fraction of sp³-hybridized carbons (Fsp3) is 0.545. The average Bonchev–Trinajstić information content (AvgIpc) is 3.03. The van der Waals surface area contributed by atoms with Crippen molar-refractivity contribution in [1.82, 2.24) is 10.2 Å². The van der Waals surface area contributed by atoms with Gasteiger partial charge in [-0.05, 0) is 37.0 Å². The summed E-state index contributed by atoms with van der Waals surface area (Å²) >= 11 is 0. The standard InChI is InChI=1S/C22H31N3O4/c1-27-18-12-15(13-19(28-2)22(18)29-3)10-11-21(26)23-20-14-17(24-25-20)16-8-6-4-5-7-9-16/h12-14,16H,4-11H2,1-3H3,(H2,23,24,25,26). The quantitative estimate of drug-likeness (QED) is 0.639. The van der Waals surface area contributed by atoms with Crippen LogP contribution in [0.15, 0.2) is 18.2 Å². The van der Waals surface area contributed by atoms with E-state index in [1.54, 1.807) is 21.3 Å². The topological polar surface area (TPSA) is 85.5 Å². The monoisotopic (exact) mass is 401 g/mol. The minimum Gasteiger partial charge on any atom is -0.493 e. The zero-order valence-electron chi connectivity index (χ0n) is 17.5. The van der Waals surface area contributed by atoms with Crippen molar-refractivity contribution in [3.63, 3.8) is 0 Å². The molecule has 0 atom stereocenters. The van der Waals surface area contributed by atoms with E-state index < -0.39 is 0 Å². The molecule has 0 aliphatic heterocycles. The van der Waals surface area contributed by atoms with Gasteiger partial charge in [-0.25, -0.2) is 0 Å². The van der Waals surface area contributed by atoms with Gasteiger partial charge in [-0.1, -0.05) is 25.7 Å². The summed E-state index contributed by atoms with van der Waals surface area (Å²) in [5, 5.41) is 10.3. The first-order chi connectivity index (χ1) is 14.1. The minimum atomic E-state index is -0.0716. The Morgan fingerprint density at radius 1 is 1.03 bits per heavy atom. The van der Waals surface area contributed by atoms with Crippen LogP contribution in [0.3, 0.4) is 0 Å². The first kappa shape index (κ1) is 21.0. The largest absolute Gasteiger partial charge is 0.493 e. The van der Waals surface area contributed by atoms with Crippen LogP contribution in [0.5, 0.6) is 17.2 Å². The minimum absolute atomic E-state index is 0.0716. The SMILES string of the molecule is COc1cc(CCC(=O)Nc2cc(C3CCCCCC3)[nH]n2)cc(OC)c1OC. The summed E-state index contributed by atoms with van der Waals surface area (Å²) in [6.07, 6.45) is 8.44. The van der Waals surface area contributed by atoms with Gasteiger partial charge in [0.05, 0.1) is 21.3 Å². The Labute approximate surface area is 172 Å². The molecule has 0 radical (unpaired) electrons. The molecule has 2 aromatic rings. The maximum Gasteiger partial charge on any atom is 0.225 e. The summed E-state index contributed by atoms with van der Waals surface area (Å²) in [6.45, 7) is 0. The fourth-order valence-corrected chi connectivity index (χ4v) is 3.94. The molecule has 7 heteroatoms. The van der Waals surface area contributed by atoms with E-state index in [0.717, 1.165) is 11.3 Å². The Morgan fingerprint density at radius 3 is 2.28 bits per heavy atom. The van der Waals surface area contributed by atoms with Gasteiger partial charge >= 0.3 is 0 Å². The molecular weight excluding hydrogens is 370 g/mol. The van der Waals surface area contributed by atoms with E-state index in [1.807, 2.05) is 18.2 Å². The van der Waals surface area contributed by atoms with Gasteiger partial charge in [0, 0.05) is 24.1 Å². The molecule has 0 unspecified atom stereocenters. The summed E-state index contributed by atoms with van der Waals surface area (Å²) < 4.78 is 16.1. The van der Waals surface area contributed by atoms with Gasteiger partial charge in [0.2, 0.25) is 11.7 Å². The van der Waals surface area contributed by atoms with Crippen molar-refractivity contribution >= 4 is 11.7 Å². The van der Waals surface area contributed by atoms with Crippen LogP contribution in [0, 0.1) is 0 Å². The molecule has 1 amide bonds. The number of carbonyl (C=O) groups excluding carboxylic acids is 1. The van der Waals surface area contributed by atoms with Crippen LogP contribution in [0.2, 0.25) is 0 Å². The number of hydrogen-bond donors (Lipinski definition) is 2. The van der Waals surface area contributed by atoms with E-state index in [2.05, 4.69) is 15.5 Å². The number of H-pyrrole nitrogens is 1. The molecule has 1 saturated carbocycles. The third-order valence-corrected chi connectivity index (χ3v) is 5.53. The van der Waals surface area contributed by atoms with Crippen LogP contribution in [0.25, 0.3) is 0 Å². The predicted molar refractivity (Wildman–Crippen MR) is 112 cm³/mol. The predicted octanol–water partition coefficient (Wildman–Crippen LogP) is 4.44.